The molecule has 0 aromatic carbocycles. The van der Waals surface area contributed by atoms with E-state index in [0.29, 0.717) is 25.0 Å². The van der Waals surface area contributed by atoms with Gasteiger partial charge in [0.1, 0.15) is 18.2 Å². The molecule has 1 aliphatic carbocycles. The zero-order valence-corrected chi connectivity index (χ0v) is 15.8. The number of carbonyl (C=O) groups is 1. The van der Waals surface area contributed by atoms with Gasteiger partial charge in [-0.15, -0.1) is 0 Å². The summed E-state index contributed by atoms with van der Waals surface area (Å²) >= 11 is 0. The molecule has 0 bridgehead atoms. The maximum absolute atomic E-state index is 11.4. The number of rotatable bonds is 6. The van der Waals surface area contributed by atoms with Crippen LogP contribution >= 0.6 is 0 Å². The summed E-state index contributed by atoms with van der Waals surface area (Å²) < 4.78 is 10.6. The summed E-state index contributed by atoms with van der Waals surface area (Å²) in [6.45, 7) is 5.13. The van der Waals surface area contributed by atoms with E-state index in [2.05, 4.69) is 25.2 Å². The van der Waals surface area contributed by atoms with Crippen molar-refractivity contribution in [3.8, 4) is 6.01 Å². The molecule has 2 aliphatic rings. The number of carbonyl (C=O) groups excluding carboxylic acids is 1. The van der Waals surface area contributed by atoms with Crippen molar-refractivity contribution in [3.05, 3.63) is 29.6 Å². The molecule has 1 fully saturated rings. The number of aryl methyl sites for hydroxylation is 1. The van der Waals surface area contributed by atoms with Gasteiger partial charge in [-0.3, -0.25) is 4.79 Å². The van der Waals surface area contributed by atoms with E-state index in [1.165, 1.54) is 12.5 Å². The van der Waals surface area contributed by atoms with Crippen LogP contribution in [0.5, 0.6) is 6.01 Å². The second kappa shape index (κ2) is 6.77. The van der Waals surface area contributed by atoms with Gasteiger partial charge in [-0.05, 0) is 19.8 Å². The van der Waals surface area contributed by atoms with Gasteiger partial charge in [0, 0.05) is 55.6 Å². The molecule has 27 heavy (non-hydrogen) atoms. The van der Waals surface area contributed by atoms with E-state index in [0.717, 1.165) is 36.6 Å². The van der Waals surface area contributed by atoms with Crippen LogP contribution in [0.1, 0.15) is 31.0 Å². The zero-order chi connectivity index (χ0) is 19.0. The Balaban J connectivity index is 1.68. The van der Waals surface area contributed by atoms with Gasteiger partial charge in [-0.2, -0.15) is 4.98 Å². The van der Waals surface area contributed by atoms with Crippen LogP contribution in [0.25, 0.3) is 0 Å². The first-order chi connectivity index (χ1) is 13.0. The van der Waals surface area contributed by atoms with Crippen molar-refractivity contribution in [2.75, 3.05) is 37.1 Å². The van der Waals surface area contributed by atoms with E-state index in [9.17, 15) is 4.79 Å². The van der Waals surface area contributed by atoms with Gasteiger partial charge in [0.05, 0.1) is 12.3 Å². The van der Waals surface area contributed by atoms with E-state index in [-0.39, 0.29) is 11.3 Å². The first-order valence-corrected chi connectivity index (χ1v) is 9.04. The number of pyridine rings is 1. The lowest BCUT2D eigenvalue weighted by atomic mass is 10.0. The first-order valence-electron chi connectivity index (χ1n) is 9.04. The van der Waals surface area contributed by atoms with Crippen molar-refractivity contribution in [1.29, 1.82) is 0 Å². The maximum atomic E-state index is 11.4. The van der Waals surface area contributed by atoms with E-state index >= 15 is 0 Å². The molecule has 0 atom stereocenters. The number of aromatic nitrogens is 3. The summed E-state index contributed by atoms with van der Waals surface area (Å²) in [5.41, 5.74) is 3.23. The summed E-state index contributed by atoms with van der Waals surface area (Å²) in [6, 6.07) is 4.22. The van der Waals surface area contributed by atoms with E-state index in [4.69, 9.17) is 9.47 Å². The molecule has 142 valence electrons. The monoisotopic (exact) mass is 369 g/mol. The van der Waals surface area contributed by atoms with Gasteiger partial charge >= 0.3 is 6.01 Å². The molecule has 1 amide bonds. The summed E-state index contributed by atoms with van der Waals surface area (Å²) in [7, 11) is 1.63. The molecule has 8 nitrogen and oxygen atoms in total. The lowest BCUT2D eigenvalue weighted by Gasteiger charge is -2.20. The quantitative estimate of drug-likeness (QED) is 0.782. The van der Waals surface area contributed by atoms with Crippen LogP contribution in [0.4, 0.5) is 17.3 Å². The minimum Gasteiger partial charge on any atom is -0.461 e. The third-order valence-electron chi connectivity index (χ3n) is 4.98. The average molecular weight is 369 g/mol. The van der Waals surface area contributed by atoms with Crippen LogP contribution < -0.4 is 15.0 Å². The number of nitrogens with one attached hydrogen (secondary N) is 1. The van der Waals surface area contributed by atoms with Crippen LogP contribution in [0.15, 0.2) is 18.3 Å². The molecule has 1 aliphatic heterocycles. The van der Waals surface area contributed by atoms with Gasteiger partial charge < -0.3 is 19.7 Å². The third-order valence-corrected chi connectivity index (χ3v) is 4.98. The van der Waals surface area contributed by atoms with Gasteiger partial charge in [0.15, 0.2) is 0 Å². The van der Waals surface area contributed by atoms with Crippen molar-refractivity contribution >= 4 is 23.2 Å². The predicted molar refractivity (Wildman–Crippen MR) is 101 cm³/mol. The first kappa shape index (κ1) is 17.7. The van der Waals surface area contributed by atoms with Gasteiger partial charge in [0.25, 0.3) is 0 Å². The summed E-state index contributed by atoms with van der Waals surface area (Å²) in [6.07, 6.45) is 4.16. The molecule has 1 N–H and O–H groups in total. The highest BCUT2D eigenvalue weighted by atomic mass is 16.5. The van der Waals surface area contributed by atoms with Crippen molar-refractivity contribution in [3.63, 3.8) is 0 Å². The normalized spacial score (nSPS) is 16.3. The van der Waals surface area contributed by atoms with Crippen molar-refractivity contribution in [2.24, 2.45) is 0 Å². The van der Waals surface area contributed by atoms with Gasteiger partial charge in [-0.25, -0.2) is 9.97 Å². The molecular formula is C19H23N5O3. The minimum absolute atomic E-state index is 0.139. The highest BCUT2D eigenvalue weighted by molar-refractivity contribution is 5.89. The van der Waals surface area contributed by atoms with Crippen LogP contribution in [-0.2, 0) is 14.9 Å². The number of hydrogen-bond acceptors (Lipinski definition) is 7. The van der Waals surface area contributed by atoms with Crippen LogP contribution in [0.2, 0.25) is 0 Å². The summed E-state index contributed by atoms with van der Waals surface area (Å²) in [5.74, 6) is 1.20. The SMILES string of the molecule is COCCOc1nc(C)cc(N2CC3(CC3)c3cnc(NC(C)=O)cc32)n1. The Hall–Kier alpha value is -2.74. The molecule has 0 radical (unpaired) electrons. The van der Waals surface area contributed by atoms with E-state index < -0.39 is 0 Å². The molecular weight excluding hydrogens is 346 g/mol. The maximum Gasteiger partial charge on any atom is 0.318 e. The molecule has 8 heteroatoms. The lowest BCUT2D eigenvalue weighted by molar-refractivity contribution is -0.114. The van der Waals surface area contributed by atoms with Gasteiger partial charge in [-0.1, -0.05) is 0 Å². The number of hydrogen-bond donors (Lipinski definition) is 1. The molecule has 0 unspecified atom stereocenters. The molecule has 0 saturated heterocycles. The van der Waals surface area contributed by atoms with Crippen LogP contribution in [0, 0.1) is 6.92 Å². The molecule has 3 heterocycles. The van der Waals surface area contributed by atoms with E-state index in [1.54, 1.807) is 7.11 Å². The van der Waals surface area contributed by atoms with Crippen molar-refractivity contribution < 1.29 is 14.3 Å². The number of fused-ring (bicyclic) bond motifs is 2. The standard InChI is InChI=1S/C19H23N5O3/c1-12-8-17(23-18(21-12)27-7-6-26-3)24-11-19(4-5-19)14-10-20-16(9-15(14)24)22-13(2)25/h8-10H,4-7,11H2,1-3H3,(H,20,22,25). The highest BCUT2D eigenvalue weighted by Crippen LogP contribution is 2.58. The Bertz CT molecular complexity index is 882. The summed E-state index contributed by atoms with van der Waals surface area (Å²) in [5, 5.41) is 2.76. The molecule has 4 rings (SSSR count). The fraction of sp³-hybridized carbons (Fsp3) is 0.474. The topological polar surface area (TPSA) is 89.5 Å². The predicted octanol–water partition coefficient (Wildman–Crippen LogP) is 2.35. The number of ether oxygens (including phenoxy) is 2. The largest absolute Gasteiger partial charge is 0.461 e. The fourth-order valence-corrected chi connectivity index (χ4v) is 3.53. The fourth-order valence-electron chi connectivity index (χ4n) is 3.53. The number of anilines is 3. The van der Waals surface area contributed by atoms with E-state index in [1.807, 2.05) is 25.3 Å². The third kappa shape index (κ3) is 3.44. The summed E-state index contributed by atoms with van der Waals surface area (Å²) in [4.78, 5) is 26.9. The second-order valence-corrected chi connectivity index (χ2v) is 7.13. The number of amides is 1. The Morgan fingerprint density at radius 2 is 2.11 bits per heavy atom. The highest BCUT2D eigenvalue weighted by Gasteiger charge is 2.52. The molecule has 1 spiro atoms. The Kier molecular flexibility index (Phi) is 4.43. The Morgan fingerprint density at radius 1 is 1.30 bits per heavy atom. The molecule has 2 aromatic heterocycles. The average Bonchev–Trinajstić information content (AvgIpc) is 3.32. The molecule has 2 aromatic rings. The van der Waals surface area contributed by atoms with Crippen LogP contribution in [-0.4, -0.2) is 47.7 Å². The molecule has 1 saturated carbocycles. The van der Waals surface area contributed by atoms with Crippen molar-refractivity contribution in [1.82, 2.24) is 15.0 Å². The van der Waals surface area contributed by atoms with Crippen LogP contribution in [0.3, 0.4) is 0 Å². The number of nitrogens with zero attached hydrogens (tertiary/aromatic N) is 4. The Morgan fingerprint density at radius 3 is 2.81 bits per heavy atom. The number of methoxy groups -OCH3 is 1. The Labute approximate surface area is 157 Å². The lowest BCUT2D eigenvalue weighted by Crippen LogP contribution is -2.21. The zero-order valence-electron chi connectivity index (χ0n) is 15.8. The minimum atomic E-state index is -0.139. The van der Waals surface area contributed by atoms with Crippen molar-refractivity contribution in [2.45, 2.75) is 32.1 Å². The van der Waals surface area contributed by atoms with Gasteiger partial charge in [0.2, 0.25) is 5.91 Å². The second-order valence-electron chi connectivity index (χ2n) is 7.13. The smallest absolute Gasteiger partial charge is 0.318 e.